The summed E-state index contributed by atoms with van der Waals surface area (Å²) in [5.74, 6) is 0. The monoisotopic (exact) mass is 296 g/mol. The molecule has 110 valence electrons. The van der Waals surface area contributed by atoms with Crippen molar-refractivity contribution in [3.63, 3.8) is 0 Å². The van der Waals surface area contributed by atoms with Crippen LogP contribution in [0.4, 0.5) is 10.5 Å². The Morgan fingerprint density at radius 1 is 1.45 bits per heavy atom. The van der Waals surface area contributed by atoms with Crippen LogP contribution in [0.1, 0.15) is 45.2 Å². The van der Waals surface area contributed by atoms with Crippen LogP contribution in [0.3, 0.4) is 0 Å². The summed E-state index contributed by atoms with van der Waals surface area (Å²) in [4.78, 5) is 11.8. The first-order valence-electron chi connectivity index (χ1n) is 6.88. The number of rotatable bonds is 2. The molecule has 1 aliphatic rings. The summed E-state index contributed by atoms with van der Waals surface area (Å²) < 4.78 is 5.24. The molecule has 1 fully saturated rings. The topological polar surface area (TPSA) is 50.4 Å². The molecule has 0 aromatic heterocycles. The van der Waals surface area contributed by atoms with Crippen LogP contribution in [-0.2, 0) is 4.74 Å². The molecule has 1 atom stereocenters. The summed E-state index contributed by atoms with van der Waals surface area (Å²) in [6, 6.07) is 5.77. The highest BCUT2D eigenvalue weighted by molar-refractivity contribution is 6.31. The molecular weight excluding hydrogens is 276 g/mol. The first kappa shape index (κ1) is 15.1. The highest BCUT2D eigenvalue weighted by atomic mass is 35.5. The van der Waals surface area contributed by atoms with E-state index in [-0.39, 0.29) is 6.04 Å². The van der Waals surface area contributed by atoms with E-state index in [1.54, 1.807) is 6.07 Å². The average Bonchev–Trinajstić information content (AvgIpc) is 2.82. The van der Waals surface area contributed by atoms with Crippen molar-refractivity contribution in [3.8, 4) is 0 Å². The third kappa shape index (κ3) is 4.12. The maximum absolute atomic E-state index is 11.8. The summed E-state index contributed by atoms with van der Waals surface area (Å²) in [6.45, 7) is 6.51. The van der Waals surface area contributed by atoms with Crippen molar-refractivity contribution < 1.29 is 9.53 Å². The minimum atomic E-state index is -0.508. The predicted molar refractivity (Wildman–Crippen MR) is 81.3 cm³/mol. The highest BCUT2D eigenvalue weighted by Crippen LogP contribution is 2.31. The molecule has 0 radical (unpaired) electrons. The molecule has 5 heteroatoms. The van der Waals surface area contributed by atoms with Gasteiger partial charge in [-0.1, -0.05) is 11.6 Å². The van der Waals surface area contributed by atoms with Crippen LogP contribution in [0.25, 0.3) is 0 Å². The average molecular weight is 297 g/mol. The smallest absolute Gasteiger partial charge is 0.412 e. The van der Waals surface area contributed by atoms with Gasteiger partial charge in [0, 0.05) is 16.8 Å². The molecule has 0 saturated carbocycles. The van der Waals surface area contributed by atoms with Crippen molar-refractivity contribution >= 4 is 23.4 Å². The Kier molecular flexibility index (Phi) is 4.55. The summed E-state index contributed by atoms with van der Waals surface area (Å²) >= 11 is 6.24. The standard InChI is InChI=1S/C15H21ClN2O2/c1-15(2,3)20-14(19)18-10-6-7-12(16)11(9-10)13-5-4-8-17-13/h6-7,9,13,17H,4-5,8H2,1-3H3,(H,18,19). The van der Waals surface area contributed by atoms with Gasteiger partial charge in [-0.15, -0.1) is 0 Å². The molecule has 20 heavy (non-hydrogen) atoms. The zero-order valence-electron chi connectivity index (χ0n) is 12.1. The van der Waals surface area contributed by atoms with Gasteiger partial charge in [0.2, 0.25) is 0 Å². The van der Waals surface area contributed by atoms with Gasteiger partial charge < -0.3 is 10.1 Å². The van der Waals surface area contributed by atoms with Gasteiger partial charge in [0.05, 0.1) is 0 Å². The van der Waals surface area contributed by atoms with Gasteiger partial charge in [-0.05, 0) is 63.9 Å². The van der Waals surface area contributed by atoms with Crippen LogP contribution in [0.2, 0.25) is 5.02 Å². The fourth-order valence-corrected chi connectivity index (χ4v) is 2.51. The fraction of sp³-hybridized carbons (Fsp3) is 0.533. The molecule has 2 rings (SSSR count). The predicted octanol–water partition coefficient (Wildman–Crippen LogP) is 4.11. The van der Waals surface area contributed by atoms with Crippen LogP contribution in [-0.4, -0.2) is 18.2 Å². The number of benzene rings is 1. The number of amides is 1. The number of carbonyl (C=O) groups excluding carboxylic acids is 1. The molecule has 1 unspecified atom stereocenters. The van der Waals surface area contributed by atoms with Crippen molar-refractivity contribution in [2.24, 2.45) is 0 Å². The highest BCUT2D eigenvalue weighted by Gasteiger charge is 2.20. The lowest BCUT2D eigenvalue weighted by Gasteiger charge is -2.20. The van der Waals surface area contributed by atoms with E-state index in [1.165, 1.54) is 0 Å². The SMILES string of the molecule is CC(C)(C)OC(=O)Nc1ccc(Cl)c(C2CCCN2)c1. The van der Waals surface area contributed by atoms with Gasteiger partial charge >= 0.3 is 6.09 Å². The molecule has 1 aromatic carbocycles. The van der Waals surface area contributed by atoms with Crippen LogP contribution < -0.4 is 10.6 Å². The minimum absolute atomic E-state index is 0.267. The summed E-state index contributed by atoms with van der Waals surface area (Å²) in [6.07, 6.45) is 1.76. The van der Waals surface area contributed by atoms with Gasteiger partial charge in [0.15, 0.2) is 0 Å². The second kappa shape index (κ2) is 6.02. The first-order valence-corrected chi connectivity index (χ1v) is 7.26. The van der Waals surface area contributed by atoms with Crippen LogP contribution in [0.15, 0.2) is 18.2 Å². The Labute approximate surface area is 124 Å². The van der Waals surface area contributed by atoms with Gasteiger partial charge in [-0.25, -0.2) is 4.79 Å². The fourth-order valence-electron chi connectivity index (χ4n) is 2.26. The number of carbonyl (C=O) groups is 1. The van der Waals surface area contributed by atoms with E-state index in [9.17, 15) is 4.79 Å². The van der Waals surface area contributed by atoms with Crippen LogP contribution in [0.5, 0.6) is 0 Å². The molecule has 1 heterocycles. The normalized spacial score (nSPS) is 18.9. The Bertz CT molecular complexity index is 491. The van der Waals surface area contributed by atoms with E-state index < -0.39 is 11.7 Å². The van der Waals surface area contributed by atoms with Crippen molar-refractivity contribution in [3.05, 3.63) is 28.8 Å². The Hall–Kier alpha value is -1.26. The van der Waals surface area contributed by atoms with Crippen molar-refractivity contribution in [1.29, 1.82) is 0 Å². The Morgan fingerprint density at radius 2 is 2.20 bits per heavy atom. The van der Waals surface area contributed by atoms with Crippen molar-refractivity contribution in [1.82, 2.24) is 5.32 Å². The number of nitrogens with one attached hydrogen (secondary N) is 2. The molecule has 1 saturated heterocycles. The van der Waals surface area contributed by atoms with Gasteiger partial charge in [-0.3, -0.25) is 5.32 Å². The molecule has 4 nitrogen and oxygen atoms in total. The molecule has 1 amide bonds. The van der Waals surface area contributed by atoms with E-state index in [0.29, 0.717) is 5.69 Å². The molecule has 0 aliphatic carbocycles. The second-order valence-corrected chi connectivity index (χ2v) is 6.42. The van der Waals surface area contributed by atoms with Crippen molar-refractivity contribution in [2.45, 2.75) is 45.3 Å². The Morgan fingerprint density at radius 3 is 2.80 bits per heavy atom. The molecule has 1 aromatic rings. The third-order valence-corrected chi connectivity index (χ3v) is 3.42. The minimum Gasteiger partial charge on any atom is -0.444 e. The van der Waals surface area contributed by atoms with E-state index >= 15 is 0 Å². The van der Waals surface area contributed by atoms with Crippen molar-refractivity contribution in [2.75, 3.05) is 11.9 Å². The quantitative estimate of drug-likeness (QED) is 0.863. The lowest BCUT2D eigenvalue weighted by molar-refractivity contribution is 0.0636. The zero-order valence-corrected chi connectivity index (χ0v) is 12.9. The maximum Gasteiger partial charge on any atom is 0.412 e. The number of halogens is 1. The molecule has 0 spiro atoms. The van der Waals surface area contributed by atoms with Gasteiger partial charge in [-0.2, -0.15) is 0 Å². The number of hydrogen-bond donors (Lipinski definition) is 2. The molecule has 0 bridgehead atoms. The largest absolute Gasteiger partial charge is 0.444 e. The van der Waals surface area contributed by atoms with E-state index in [0.717, 1.165) is 30.0 Å². The molecule has 2 N–H and O–H groups in total. The van der Waals surface area contributed by atoms with Crippen LogP contribution >= 0.6 is 11.6 Å². The number of hydrogen-bond acceptors (Lipinski definition) is 3. The number of ether oxygens (including phenoxy) is 1. The van der Waals surface area contributed by atoms with Crippen LogP contribution in [0, 0.1) is 0 Å². The molecule has 1 aliphatic heterocycles. The van der Waals surface area contributed by atoms with E-state index in [1.807, 2.05) is 32.9 Å². The second-order valence-electron chi connectivity index (χ2n) is 6.01. The summed E-state index contributed by atoms with van der Waals surface area (Å²) in [5.41, 5.74) is 1.22. The maximum atomic E-state index is 11.8. The third-order valence-electron chi connectivity index (χ3n) is 3.08. The first-order chi connectivity index (χ1) is 9.35. The summed E-state index contributed by atoms with van der Waals surface area (Å²) in [7, 11) is 0. The summed E-state index contributed by atoms with van der Waals surface area (Å²) in [5, 5.41) is 6.87. The van der Waals surface area contributed by atoms with Gasteiger partial charge in [0.25, 0.3) is 0 Å². The van der Waals surface area contributed by atoms with E-state index in [4.69, 9.17) is 16.3 Å². The zero-order chi connectivity index (χ0) is 14.8. The lowest BCUT2D eigenvalue weighted by Crippen LogP contribution is -2.27. The van der Waals surface area contributed by atoms with E-state index in [2.05, 4.69) is 10.6 Å². The number of anilines is 1. The molecular formula is C15H21ClN2O2. The van der Waals surface area contributed by atoms with Gasteiger partial charge in [0.1, 0.15) is 5.60 Å². The lowest BCUT2D eigenvalue weighted by atomic mass is 10.0. The Balaban J connectivity index is 2.09.